The number of methoxy groups -OCH3 is 1. The van der Waals surface area contributed by atoms with Crippen LogP contribution in [0.15, 0.2) is 59.8 Å². The first-order valence-electron chi connectivity index (χ1n) is 12.7. The molecule has 0 unspecified atom stereocenters. The maximum Gasteiger partial charge on any atom is 0.416 e. The van der Waals surface area contributed by atoms with Crippen LogP contribution >= 0.6 is 11.8 Å². The molecule has 0 radical (unpaired) electrons. The lowest BCUT2D eigenvalue weighted by atomic mass is 10.1. The van der Waals surface area contributed by atoms with Gasteiger partial charge in [0.25, 0.3) is 5.91 Å². The van der Waals surface area contributed by atoms with Crippen molar-refractivity contribution in [3.63, 3.8) is 0 Å². The third kappa shape index (κ3) is 7.42. The fourth-order valence-corrected chi connectivity index (χ4v) is 5.06. The van der Waals surface area contributed by atoms with Gasteiger partial charge in [0.05, 0.1) is 17.9 Å². The summed E-state index contributed by atoms with van der Waals surface area (Å²) in [5, 5.41) is 0.616. The van der Waals surface area contributed by atoms with Crippen LogP contribution in [0.3, 0.4) is 0 Å². The highest BCUT2D eigenvalue weighted by atomic mass is 32.2. The van der Waals surface area contributed by atoms with Gasteiger partial charge < -0.3 is 19.4 Å². The molecule has 11 heteroatoms. The van der Waals surface area contributed by atoms with Crippen molar-refractivity contribution in [2.45, 2.75) is 30.6 Å². The Morgan fingerprint density at radius 1 is 1.03 bits per heavy atom. The minimum atomic E-state index is -4.37. The standard InChI is InChI=1S/C28H32F3N5O2S/c1-4-34(2)26(37)21-10-8-20(9-11-21)19-39-27-32-23(18-38-3)17-25(33-27)36-14-12-35(13-15-36)24-7-5-6-22(16-24)28(29,30)31/h5-11,16-17H,4,12-15,18-19H2,1-3H3. The molecule has 7 nitrogen and oxygen atoms in total. The number of hydrogen-bond donors (Lipinski definition) is 0. The van der Waals surface area contributed by atoms with Crippen LogP contribution in [0.4, 0.5) is 24.7 Å². The Morgan fingerprint density at radius 3 is 2.36 bits per heavy atom. The van der Waals surface area contributed by atoms with Gasteiger partial charge in [-0.25, -0.2) is 9.97 Å². The first-order valence-corrected chi connectivity index (χ1v) is 13.7. The number of benzene rings is 2. The number of nitrogens with zero attached hydrogens (tertiary/aromatic N) is 5. The van der Waals surface area contributed by atoms with Crippen LogP contribution in [0.2, 0.25) is 0 Å². The maximum absolute atomic E-state index is 13.2. The number of hydrogen-bond acceptors (Lipinski definition) is 7. The van der Waals surface area contributed by atoms with Gasteiger partial charge in [-0.15, -0.1) is 0 Å². The van der Waals surface area contributed by atoms with Gasteiger partial charge in [0.1, 0.15) is 5.82 Å². The van der Waals surface area contributed by atoms with Crippen LogP contribution in [0.5, 0.6) is 0 Å². The molecule has 1 fully saturated rings. The van der Waals surface area contributed by atoms with Crippen LogP contribution < -0.4 is 9.80 Å². The van der Waals surface area contributed by atoms with E-state index in [0.29, 0.717) is 61.5 Å². The molecule has 0 bridgehead atoms. The summed E-state index contributed by atoms with van der Waals surface area (Å²) in [6, 6.07) is 14.9. The zero-order valence-corrected chi connectivity index (χ0v) is 23.1. The number of alkyl halides is 3. The molecular weight excluding hydrogens is 527 g/mol. The molecule has 0 spiro atoms. The van der Waals surface area contributed by atoms with Gasteiger partial charge in [-0.3, -0.25) is 4.79 Å². The lowest BCUT2D eigenvalue weighted by Gasteiger charge is -2.37. The SMILES string of the molecule is CCN(C)C(=O)c1ccc(CSc2nc(COC)cc(N3CCN(c4cccc(C(F)(F)F)c4)CC3)n2)cc1. The summed E-state index contributed by atoms with van der Waals surface area (Å²) < 4.78 is 44.8. The fraction of sp³-hybridized carbons (Fsp3) is 0.393. The van der Waals surface area contributed by atoms with E-state index in [-0.39, 0.29) is 5.91 Å². The van der Waals surface area contributed by atoms with E-state index >= 15 is 0 Å². The van der Waals surface area contributed by atoms with Crippen molar-refractivity contribution in [1.29, 1.82) is 0 Å². The Labute approximate surface area is 231 Å². The topological polar surface area (TPSA) is 61.8 Å². The monoisotopic (exact) mass is 559 g/mol. The van der Waals surface area contributed by atoms with E-state index in [2.05, 4.69) is 9.88 Å². The molecule has 0 N–H and O–H groups in total. The zero-order chi connectivity index (χ0) is 28.0. The largest absolute Gasteiger partial charge is 0.416 e. The first-order chi connectivity index (χ1) is 18.7. The number of halogens is 3. The van der Waals surface area contributed by atoms with Crippen molar-refractivity contribution in [2.75, 3.05) is 56.7 Å². The summed E-state index contributed by atoms with van der Waals surface area (Å²) in [6.07, 6.45) is -4.37. The highest BCUT2D eigenvalue weighted by Gasteiger charge is 2.31. The first kappa shape index (κ1) is 28.7. The minimum Gasteiger partial charge on any atom is -0.378 e. The Balaban J connectivity index is 1.42. The number of rotatable bonds is 9. The Bertz CT molecular complexity index is 1260. The van der Waals surface area contributed by atoms with Crippen molar-refractivity contribution in [3.8, 4) is 0 Å². The van der Waals surface area contributed by atoms with E-state index in [4.69, 9.17) is 9.72 Å². The van der Waals surface area contributed by atoms with Gasteiger partial charge in [-0.05, 0) is 42.8 Å². The van der Waals surface area contributed by atoms with Gasteiger partial charge in [0, 0.05) is 70.0 Å². The predicted molar refractivity (Wildman–Crippen MR) is 147 cm³/mol. The number of piperazine rings is 1. The van der Waals surface area contributed by atoms with Gasteiger partial charge in [0.2, 0.25) is 0 Å². The van der Waals surface area contributed by atoms with E-state index in [1.165, 1.54) is 23.9 Å². The fourth-order valence-electron chi connectivity index (χ4n) is 4.24. The number of carbonyl (C=O) groups excluding carboxylic acids is 1. The van der Waals surface area contributed by atoms with E-state index in [0.717, 1.165) is 23.1 Å². The zero-order valence-electron chi connectivity index (χ0n) is 22.2. The second-order valence-corrected chi connectivity index (χ2v) is 10.2. The minimum absolute atomic E-state index is 0.00917. The van der Waals surface area contributed by atoms with Crippen LogP contribution in [0, 0.1) is 0 Å². The van der Waals surface area contributed by atoms with Crippen LogP contribution in [0.1, 0.15) is 34.1 Å². The summed E-state index contributed by atoms with van der Waals surface area (Å²) >= 11 is 1.50. The third-order valence-corrected chi connectivity index (χ3v) is 7.49. The molecule has 1 aliphatic heterocycles. The molecule has 1 aromatic heterocycles. The summed E-state index contributed by atoms with van der Waals surface area (Å²) in [4.78, 5) is 27.5. The lowest BCUT2D eigenvalue weighted by molar-refractivity contribution is -0.137. The molecule has 39 heavy (non-hydrogen) atoms. The molecule has 0 atom stereocenters. The van der Waals surface area contributed by atoms with Crippen LogP contribution in [0.25, 0.3) is 0 Å². The van der Waals surface area contributed by atoms with E-state index < -0.39 is 11.7 Å². The second-order valence-electron chi connectivity index (χ2n) is 9.26. The molecule has 3 aromatic rings. The van der Waals surface area contributed by atoms with Gasteiger partial charge in [-0.2, -0.15) is 13.2 Å². The maximum atomic E-state index is 13.2. The summed E-state index contributed by atoms with van der Waals surface area (Å²) in [5.74, 6) is 1.40. The van der Waals surface area contributed by atoms with Crippen molar-refractivity contribution >= 4 is 29.2 Å². The quantitative estimate of drug-likeness (QED) is 0.259. The van der Waals surface area contributed by atoms with Crippen molar-refractivity contribution in [3.05, 3.63) is 77.0 Å². The molecule has 0 aliphatic carbocycles. The van der Waals surface area contributed by atoms with Crippen molar-refractivity contribution in [1.82, 2.24) is 14.9 Å². The number of thioether (sulfide) groups is 1. The molecule has 1 saturated heterocycles. The normalized spacial score (nSPS) is 14.0. The molecule has 1 aliphatic rings. The highest BCUT2D eigenvalue weighted by Crippen LogP contribution is 2.32. The average molecular weight is 560 g/mol. The second kappa shape index (κ2) is 12.7. The number of carbonyl (C=O) groups is 1. The Hall–Kier alpha value is -3.31. The highest BCUT2D eigenvalue weighted by molar-refractivity contribution is 7.98. The van der Waals surface area contributed by atoms with E-state index in [9.17, 15) is 18.0 Å². The number of ether oxygens (including phenoxy) is 1. The van der Waals surface area contributed by atoms with Crippen LogP contribution in [-0.2, 0) is 23.3 Å². The molecular formula is C28H32F3N5O2S. The van der Waals surface area contributed by atoms with Gasteiger partial charge in [-0.1, -0.05) is 30.0 Å². The summed E-state index contributed by atoms with van der Waals surface area (Å²) in [6.45, 7) is 5.31. The van der Waals surface area contributed by atoms with E-state index in [1.54, 1.807) is 25.1 Å². The summed E-state index contributed by atoms with van der Waals surface area (Å²) in [7, 11) is 3.39. The van der Waals surface area contributed by atoms with Gasteiger partial charge in [0.15, 0.2) is 5.16 Å². The molecule has 2 heterocycles. The third-order valence-electron chi connectivity index (χ3n) is 6.57. The van der Waals surface area contributed by atoms with Gasteiger partial charge >= 0.3 is 6.18 Å². The van der Waals surface area contributed by atoms with Crippen LogP contribution in [-0.4, -0.2) is 67.7 Å². The number of anilines is 2. The molecule has 0 saturated carbocycles. The molecule has 4 rings (SSSR count). The predicted octanol–water partition coefficient (Wildman–Crippen LogP) is 5.35. The average Bonchev–Trinajstić information content (AvgIpc) is 2.95. The Morgan fingerprint density at radius 2 is 1.72 bits per heavy atom. The van der Waals surface area contributed by atoms with Crippen molar-refractivity contribution in [2.24, 2.45) is 0 Å². The van der Waals surface area contributed by atoms with E-state index in [1.807, 2.05) is 42.2 Å². The number of amides is 1. The summed E-state index contributed by atoms with van der Waals surface area (Å²) in [5.41, 5.74) is 2.38. The molecule has 208 valence electrons. The number of aromatic nitrogens is 2. The molecule has 2 aromatic carbocycles. The lowest BCUT2D eigenvalue weighted by Crippen LogP contribution is -2.47. The Kier molecular flexibility index (Phi) is 9.34. The molecule has 1 amide bonds. The smallest absolute Gasteiger partial charge is 0.378 e. The van der Waals surface area contributed by atoms with Crippen molar-refractivity contribution < 1.29 is 22.7 Å².